The quantitative estimate of drug-likeness (QED) is 0.492. The predicted octanol–water partition coefficient (Wildman–Crippen LogP) is -1.04. The highest BCUT2D eigenvalue weighted by molar-refractivity contribution is 4.96. The van der Waals surface area contributed by atoms with Crippen LogP contribution in [0.5, 0.6) is 0 Å². The topological polar surface area (TPSA) is 70.5 Å². The maximum Gasteiger partial charge on any atom is 0.175 e. The third-order valence-corrected chi connectivity index (χ3v) is 1.44. The SMILES string of the molecule is [CH]=CC1(N)OCCOC1N. The molecule has 0 aromatic heterocycles. The molecule has 1 aliphatic rings. The second-order valence-electron chi connectivity index (χ2n) is 2.16. The molecule has 0 aromatic carbocycles. The zero-order valence-corrected chi connectivity index (χ0v) is 5.62. The summed E-state index contributed by atoms with van der Waals surface area (Å²) in [5, 5.41) is 0. The summed E-state index contributed by atoms with van der Waals surface area (Å²) in [4.78, 5) is 0. The Kier molecular flexibility index (Phi) is 2.05. The summed E-state index contributed by atoms with van der Waals surface area (Å²) in [6, 6.07) is 0. The Labute approximate surface area is 59.8 Å². The molecule has 0 bridgehead atoms. The molecule has 2 atom stereocenters. The summed E-state index contributed by atoms with van der Waals surface area (Å²) >= 11 is 0. The third-order valence-electron chi connectivity index (χ3n) is 1.44. The molecule has 0 spiro atoms. The standard InChI is InChI=1S/C6H11N2O2/c1-2-6(8)5(7)9-3-4-10-6/h1-2,5H,3-4,7-8H2. The maximum absolute atomic E-state index is 5.55. The van der Waals surface area contributed by atoms with Crippen LogP contribution in [0.4, 0.5) is 0 Å². The summed E-state index contributed by atoms with van der Waals surface area (Å²) in [6.45, 7) is 6.09. The highest BCUT2D eigenvalue weighted by atomic mass is 16.6. The van der Waals surface area contributed by atoms with Crippen LogP contribution < -0.4 is 11.5 Å². The fourth-order valence-corrected chi connectivity index (χ4v) is 0.749. The maximum atomic E-state index is 5.55. The van der Waals surface area contributed by atoms with Gasteiger partial charge in [0.2, 0.25) is 0 Å². The Balaban J connectivity index is 2.62. The first kappa shape index (κ1) is 7.68. The number of ether oxygens (including phenoxy) is 2. The van der Waals surface area contributed by atoms with Crippen LogP contribution in [-0.4, -0.2) is 25.2 Å². The van der Waals surface area contributed by atoms with Crippen molar-refractivity contribution < 1.29 is 9.47 Å². The molecule has 1 fully saturated rings. The molecule has 2 unspecified atom stereocenters. The van der Waals surface area contributed by atoms with Crippen LogP contribution in [-0.2, 0) is 9.47 Å². The van der Waals surface area contributed by atoms with Gasteiger partial charge in [-0.3, -0.25) is 5.73 Å². The van der Waals surface area contributed by atoms with Crippen molar-refractivity contribution in [3.63, 3.8) is 0 Å². The van der Waals surface area contributed by atoms with Crippen molar-refractivity contribution in [1.82, 2.24) is 0 Å². The molecule has 1 heterocycles. The first-order valence-electron chi connectivity index (χ1n) is 3.05. The molecule has 10 heavy (non-hydrogen) atoms. The fourth-order valence-electron chi connectivity index (χ4n) is 0.749. The van der Waals surface area contributed by atoms with Gasteiger partial charge in [-0.1, -0.05) is 6.58 Å². The van der Waals surface area contributed by atoms with E-state index in [0.717, 1.165) is 0 Å². The minimum Gasteiger partial charge on any atom is -0.356 e. The Morgan fingerprint density at radius 3 is 2.70 bits per heavy atom. The van der Waals surface area contributed by atoms with Crippen LogP contribution in [0.3, 0.4) is 0 Å². The second kappa shape index (κ2) is 2.67. The Bertz CT molecular complexity index is 140. The molecule has 57 valence electrons. The van der Waals surface area contributed by atoms with Crippen molar-refractivity contribution in [3.8, 4) is 0 Å². The van der Waals surface area contributed by atoms with Crippen molar-refractivity contribution in [2.75, 3.05) is 13.2 Å². The zero-order chi connectivity index (χ0) is 7.61. The van der Waals surface area contributed by atoms with E-state index in [1.54, 1.807) is 0 Å². The van der Waals surface area contributed by atoms with Crippen molar-refractivity contribution in [1.29, 1.82) is 0 Å². The van der Waals surface area contributed by atoms with E-state index in [9.17, 15) is 0 Å². The van der Waals surface area contributed by atoms with Gasteiger partial charge in [0, 0.05) is 0 Å². The van der Waals surface area contributed by atoms with Crippen LogP contribution in [0.15, 0.2) is 6.08 Å². The van der Waals surface area contributed by atoms with Crippen LogP contribution in [0.1, 0.15) is 0 Å². The highest BCUT2D eigenvalue weighted by Crippen LogP contribution is 2.13. The van der Waals surface area contributed by atoms with E-state index >= 15 is 0 Å². The number of hydrogen-bond acceptors (Lipinski definition) is 4. The molecule has 1 saturated heterocycles. The number of hydrogen-bond donors (Lipinski definition) is 2. The lowest BCUT2D eigenvalue weighted by Crippen LogP contribution is -2.60. The minimum atomic E-state index is -1.11. The molecular weight excluding hydrogens is 132 g/mol. The smallest absolute Gasteiger partial charge is 0.175 e. The summed E-state index contributed by atoms with van der Waals surface area (Å²) < 4.78 is 10.1. The van der Waals surface area contributed by atoms with Gasteiger partial charge in [-0.2, -0.15) is 0 Å². The largest absolute Gasteiger partial charge is 0.356 e. The van der Waals surface area contributed by atoms with E-state index in [1.807, 2.05) is 0 Å². The molecule has 0 aromatic rings. The highest BCUT2D eigenvalue weighted by Gasteiger charge is 2.34. The van der Waals surface area contributed by atoms with Gasteiger partial charge in [0.15, 0.2) is 12.0 Å². The Hall–Kier alpha value is -0.420. The monoisotopic (exact) mass is 143 g/mol. The van der Waals surface area contributed by atoms with E-state index in [-0.39, 0.29) is 0 Å². The molecule has 4 nitrogen and oxygen atoms in total. The zero-order valence-electron chi connectivity index (χ0n) is 5.62. The number of nitrogens with two attached hydrogens (primary N) is 2. The van der Waals surface area contributed by atoms with Crippen LogP contribution >= 0.6 is 0 Å². The van der Waals surface area contributed by atoms with Crippen molar-refractivity contribution in [2.24, 2.45) is 11.5 Å². The lowest BCUT2D eigenvalue weighted by atomic mass is 10.2. The first-order valence-corrected chi connectivity index (χ1v) is 3.05. The van der Waals surface area contributed by atoms with Crippen LogP contribution in [0, 0.1) is 6.58 Å². The molecule has 0 amide bonds. The van der Waals surface area contributed by atoms with E-state index in [0.29, 0.717) is 13.2 Å². The first-order chi connectivity index (χ1) is 4.69. The van der Waals surface area contributed by atoms with Crippen molar-refractivity contribution >= 4 is 0 Å². The van der Waals surface area contributed by atoms with E-state index in [4.69, 9.17) is 27.5 Å². The molecule has 1 rings (SSSR count). The summed E-state index contributed by atoms with van der Waals surface area (Å²) in [7, 11) is 0. The van der Waals surface area contributed by atoms with Gasteiger partial charge < -0.3 is 15.2 Å². The molecule has 4 heteroatoms. The normalized spacial score (nSPS) is 41.2. The molecule has 0 aliphatic carbocycles. The molecule has 1 aliphatic heterocycles. The average molecular weight is 143 g/mol. The van der Waals surface area contributed by atoms with Crippen LogP contribution in [0.2, 0.25) is 0 Å². The third kappa shape index (κ3) is 1.19. The van der Waals surface area contributed by atoms with Gasteiger partial charge in [0.25, 0.3) is 0 Å². The van der Waals surface area contributed by atoms with Crippen molar-refractivity contribution in [3.05, 3.63) is 12.7 Å². The van der Waals surface area contributed by atoms with E-state index < -0.39 is 12.0 Å². The predicted molar refractivity (Wildman–Crippen MR) is 35.7 cm³/mol. The summed E-state index contributed by atoms with van der Waals surface area (Å²) in [6.07, 6.45) is 0.544. The molecule has 0 saturated carbocycles. The number of rotatable bonds is 1. The van der Waals surface area contributed by atoms with Gasteiger partial charge in [-0.25, -0.2) is 0 Å². The molecule has 1 radical (unpaired) electrons. The van der Waals surface area contributed by atoms with Crippen LogP contribution in [0.25, 0.3) is 0 Å². The lowest BCUT2D eigenvalue weighted by molar-refractivity contribution is -0.175. The molecular formula is C6H11N2O2. The average Bonchev–Trinajstić information content (AvgIpc) is 1.96. The summed E-state index contributed by atoms with van der Waals surface area (Å²) in [5.74, 6) is 0. The Morgan fingerprint density at radius 2 is 2.30 bits per heavy atom. The van der Waals surface area contributed by atoms with Gasteiger partial charge >= 0.3 is 0 Å². The van der Waals surface area contributed by atoms with Gasteiger partial charge in [0.05, 0.1) is 13.2 Å². The van der Waals surface area contributed by atoms with Gasteiger partial charge in [-0.05, 0) is 6.08 Å². The van der Waals surface area contributed by atoms with Gasteiger partial charge in [-0.15, -0.1) is 0 Å². The van der Waals surface area contributed by atoms with E-state index in [2.05, 4.69) is 0 Å². The second-order valence-corrected chi connectivity index (χ2v) is 2.16. The fraction of sp³-hybridized carbons (Fsp3) is 0.667. The summed E-state index contributed by atoms with van der Waals surface area (Å²) in [5.41, 5.74) is 9.88. The Morgan fingerprint density at radius 1 is 1.60 bits per heavy atom. The molecule has 4 N–H and O–H groups in total. The van der Waals surface area contributed by atoms with Crippen molar-refractivity contribution in [2.45, 2.75) is 12.0 Å². The minimum absolute atomic E-state index is 0.428. The van der Waals surface area contributed by atoms with E-state index in [1.165, 1.54) is 6.08 Å². The van der Waals surface area contributed by atoms with Gasteiger partial charge in [0.1, 0.15) is 0 Å². The lowest BCUT2D eigenvalue weighted by Gasteiger charge is -2.35.